The number of halogens is 2. The topological polar surface area (TPSA) is 34.1 Å². The van der Waals surface area contributed by atoms with Gasteiger partial charge in [0, 0.05) is 6.54 Å². The van der Waals surface area contributed by atoms with Gasteiger partial charge in [-0.3, -0.25) is 0 Å². The summed E-state index contributed by atoms with van der Waals surface area (Å²) in [6.45, 7) is 4.73. The SMILES string of the molecule is CCCNc1ccc(Cl)c(COc2cccc(C)c2F)n1. The van der Waals surface area contributed by atoms with Crippen molar-refractivity contribution < 1.29 is 9.13 Å². The molecule has 112 valence electrons. The Morgan fingerprint density at radius 3 is 2.86 bits per heavy atom. The minimum absolute atomic E-state index is 0.126. The number of nitrogens with one attached hydrogen (secondary N) is 1. The molecule has 0 saturated carbocycles. The highest BCUT2D eigenvalue weighted by Gasteiger charge is 2.09. The van der Waals surface area contributed by atoms with Crippen LogP contribution >= 0.6 is 11.6 Å². The van der Waals surface area contributed by atoms with Crippen molar-refractivity contribution in [3.05, 3.63) is 52.4 Å². The summed E-state index contributed by atoms with van der Waals surface area (Å²) < 4.78 is 19.4. The third-order valence-corrected chi connectivity index (χ3v) is 3.34. The third kappa shape index (κ3) is 4.08. The van der Waals surface area contributed by atoms with Crippen LogP contribution in [0.1, 0.15) is 24.6 Å². The summed E-state index contributed by atoms with van der Waals surface area (Å²) in [5, 5.41) is 3.69. The number of nitrogens with zero attached hydrogens (tertiary/aromatic N) is 1. The highest BCUT2D eigenvalue weighted by atomic mass is 35.5. The van der Waals surface area contributed by atoms with E-state index in [4.69, 9.17) is 16.3 Å². The molecule has 21 heavy (non-hydrogen) atoms. The smallest absolute Gasteiger partial charge is 0.167 e. The molecule has 5 heteroatoms. The quantitative estimate of drug-likeness (QED) is 0.848. The molecule has 3 nitrogen and oxygen atoms in total. The van der Waals surface area contributed by atoms with Crippen LogP contribution in [-0.4, -0.2) is 11.5 Å². The van der Waals surface area contributed by atoms with Crippen LogP contribution in [0.5, 0.6) is 5.75 Å². The average Bonchev–Trinajstić information content (AvgIpc) is 2.49. The van der Waals surface area contributed by atoms with Gasteiger partial charge in [-0.1, -0.05) is 30.7 Å². The van der Waals surface area contributed by atoms with Crippen molar-refractivity contribution in [1.29, 1.82) is 0 Å². The summed E-state index contributed by atoms with van der Waals surface area (Å²) in [6.07, 6.45) is 1.00. The fourth-order valence-corrected chi connectivity index (χ4v) is 1.97. The van der Waals surface area contributed by atoms with Crippen LogP contribution < -0.4 is 10.1 Å². The van der Waals surface area contributed by atoms with Crippen molar-refractivity contribution in [2.75, 3.05) is 11.9 Å². The van der Waals surface area contributed by atoms with Crippen molar-refractivity contribution in [2.45, 2.75) is 26.9 Å². The van der Waals surface area contributed by atoms with Crippen molar-refractivity contribution in [3.63, 3.8) is 0 Å². The largest absolute Gasteiger partial charge is 0.484 e. The Bertz CT molecular complexity index is 619. The standard InChI is InChI=1S/C16H18ClFN2O/c1-3-9-19-15-8-7-12(17)13(20-15)10-21-14-6-4-5-11(2)16(14)18/h4-8H,3,9-10H2,1-2H3,(H,19,20). The van der Waals surface area contributed by atoms with Gasteiger partial charge in [-0.15, -0.1) is 0 Å². The minimum Gasteiger partial charge on any atom is -0.484 e. The summed E-state index contributed by atoms with van der Waals surface area (Å²) in [4.78, 5) is 4.39. The molecule has 0 aliphatic heterocycles. The number of benzene rings is 1. The number of rotatable bonds is 6. The zero-order valence-corrected chi connectivity index (χ0v) is 12.9. The van der Waals surface area contributed by atoms with Crippen molar-refractivity contribution in [2.24, 2.45) is 0 Å². The predicted molar refractivity (Wildman–Crippen MR) is 83.5 cm³/mol. The number of aromatic nitrogens is 1. The van der Waals surface area contributed by atoms with Gasteiger partial charge >= 0.3 is 0 Å². The van der Waals surface area contributed by atoms with E-state index in [1.54, 1.807) is 31.2 Å². The van der Waals surface area contributed by atoms with Gasteiger partial charge in [0.05, 0.1) is 10.7 Å². The molecule has 0 amide bonds. The van der Waals surface area contributed by atoms with Gasteiger partial charge in [0.2, 0.25) is 0 Å². The lowest BCUT2D eigenvalue weighted by Crippen LogP contribution is -2.06. The molecule has 1 aromatic heterocycles. The first-order valence-electron chi connectivity index (χ1n) is 6.89. The van der Waals surface area contributed by atoms with E-state index in [0.717, 1.165) is 18.8 Å². The fourth-order valence-electron chi connectivity index (χ4n) is 1.82. The molecule has 0 fully saturated rings. The van der Waals surface area contributed by atoms with E-state index in [-0.39, 0.29) is 18.2 Å². The van der Waals surface area contributed by atoms with Crippen LogP contribution in [0.3, 0.4) is 0 Å². The molecule has 1 heterocycles. The Balaban J connectivity index is 2.10. The van der Waals surface area contributed by atoms with E-state index < -0.39 is 0 Å². The Kier molecular flexibility index (Phi) is 5.39. The average molecular weight is 309 g/mol. The maximum absolute atomic E-state index is 13.9. The predicted octanol–water partition coefficient (Wildman–Crippen LogP) is 4.58. The monoisotopic (exact) mass is 308 g/mol. The second-order valence-corrected chi connectivity index (χ2v) is 5.13. The lowest BCUT2D eigenvalue weighted by molar-refractivity contribution is 0.285. The lowest BCUT2D eigenvalue weighted by atomic mass is 10.2. The Morgan fingerprint density at radius 2 is 2.10 bits per heavy atom. The molecular formula is C16H18ClFN2O. The van der Waals surface area contributed by atoms with Gasteiger partial charge < -0.3 is 10.1 Å². The number of hydrogen-bond donors (Lipinski definition) is 1. The van der Waals surface area contributed by atoms with Crippen LogP contribution in [0.2, 0.25) is 5.02 Å². The van der Waals surface area contributed by atoms with E-state index >= 15 is 0 Å². The van der Waals surface area contributed by atoms with Gasteiger partial charge in [0.1, 0.15) is 12.4 Å². The molecular weight excluding hydrogens is 291 g/mol. The van der Waals surface area contributed by atoms with Crippen LogP contribution in [0.15, 0.2) is 30.3 Å². The maximum Gasteiger partial charge on any atom is 0.167 e. The summed E-state index contributed by atoms with van der Waals surface area (Å²) >= 11 is 6.10. The van der Waals surface area contributed by atoms with Crippen LogP contribution in [0.4, 0.5) is 10.2 Å². The van der Waals surface area contributed by atoms with Crippen LogP contribution in [0.25, 0.3) is 0 Å². The first kappa shape index (κ1) is 15.6. The summed E-state index contributed by atoms with van der Waals surface area (Å²) in [5.41, 5.74) is 1.13. The van der Waals surface area contributed by atoms with Crippen LogP contribution in [0, 0.1) is 12.7 Å². The molecule has 0 radical (unpaired) electrons. The second kappa shape index (κ2) is 7.27. The summed E-state index contributed by atoms with van der Waals surface area (Å²) in [6, 6.07) is 8.62. The molecule has 0 bridgehead atoms. The van der Waals surface area contributed by atoms with E-state index in [9.17, 15) is 4.39 Å². The molecule has 2 rings (SSSR count). The molecule has 0 aliphatic rings. The first-order valence-corrected chi connectivity index (χ1v) is 7.26. The molecule has 0 saturated heterocycles. The highest BCUT2D eigenvalue weighted by Crippen LogP contribution is 2.23. The molecule has 1 N–H and O–H groups in total. The van der Waals surface area contributed by atoms with Gasteiger partial charge in [-0.25, -0.2) is 9.37 Å². The van der Waals surface area contributed by atoms with Gasteiger partial charge in [-0.2, -0.15) is 0 Å². The third-order valence-electron chi connectivity index (χ3n) is 3.00. The van der Waals surface area contributed by atoms with Crippen LogP contribution in [-0.2, 0) is 6.61 Å². The van der Waals surface area contributed by atoms with Gasteiger partial charge in [-0.05, 0) is 37.1 Å². The van der Waals surface area contributed by atoms with E-state index in [1.165, 1.54) is 0 Å². The highest BCUT2D eigenvalue weighted by molar-refractivity contribution is 6.31. The number of pyridine rings is 1. The molecule has 1 aromatic carbocycles. The van der Waals surface area contributed by atoms with E-state index in [1.807, 2.05) is 6.07 Å². The Morgan fingerprint density at radius 1 is 1.29 bits per heavy atom. The minimum atomic E-state index is -0.353. The van der Waals surface area contributed by atoms with Crippen molar-refractivity contribution in [3.8, 4) is 5.75 Å². The summed E-state index contributed by atoms with van der Waals surface area (Å²) in [5.74, 6) is 0.596. The normalized spacial score (nSPS) is 10.5. The molecule has 0 unspecified atom stereocenters. The zero-order chi connectivity index (χ0) is 15.2. The van der Waals surface area contributed by atoms with E-state index in [2.05, 4.69) is 17.2 Å². The van der Waals surface area contributed by atoms with E-state index in [0.29, 0.717) is 16.3 Å². The van der Waals surface area contributed by atoms with Crippen molar-refractivity contribution in [1.82, 2.24) is 4.98 Å². The summed E-state index contributed by atoms with van der Waals surface area (Å²) in [7, 11) is 0. The van der Waals surface area contributed by atoms with Gasteiger partial charge in [0.25, 0.3) is 0 Å². The Hall–Kier alpha value is -1.81. The number of anilines is 1. The molecule has 0 aliphatic carbocycles. The molecule has 2 aromatic rings. The lowest BCUT2D eigenvalue weighted by Gasteiger charge is -2.11. The maximum atomic E-state index is 13.9. The fraction of sp³-hybridized carbons (Fsp3) is 0.312. The van der Waals surface area contributed by atoms with Crippen molar-refractivity contribution >= 4 is 17.4 Å². The first-order chi connectivity index (χ1) is 10.1. The second-order valence-electron chi connectivity index (χ2n) is 4.73. The number of ether oxygens (including phenoxy) is 1. The zero-order valence-electron chi connectivity index (χ0n) is 12.1. The number of aryl methyl sites for hydroxylation is 1. The molecule has 0 atom stereocenters. The Labute approximate surface area is 129 Å². The van der Waals surface area contributed by atoms with Gasteiger partial charge in [0.15, 0.2) is 11.6 Å². The molecule has 0 spiro atoms. The number of hydrogen-bond acceptors (Lipinski definition) is 3.